The normalized spacial score (nSPS) is 19.1. The summed E-state index contributed by atoms with van der Waals surface area (Å²) < 4.78 is 40.5. The van der Waals surface area contributed by atoms with Gasteiger partial charge >= 0.3 is 6.01 Å². The maximum Gasteiger partial charge on any atom is 0.322 e. The highest BCUT2D eigenvalue weighted by Gasteiger charge is 2.47. The van der Waals surface area contributed by atoms with Crippen LogP contribution in [-0.2, 0) is 7.05 Å². The van der Waals surface area contributed by atoms with Crippen LogP contribution in [0.2, 0.25) is 0 Å². The number of terminal acetylenes is 1. The SMILES string of the molecule is C#CC1(COc2nc(C(=O)N3CC(F)(F)C3)nc(N3CCC(COc4cc(-c5cn(C)cn5)cnc4N)CC3)n2)CC1. The van der Waals surface area contributed by atoms with Crippen LogP contribution >= 0.6 is 0 Å². The molecule has 5 heterocycles. The van der Waals surface area contributed by atoms with E-state index in [-0.39, 0.29) is 35.7 Å². The Kier molecular flexibility index (Phi) is 7.04. The van der Waals surface area contributed by atoms with Gasteiger partial charge in [-0.2, -0.15) is 15.0 Å². The van der Waals surface area contributed by atoms with Gasteiger partial charge in [-0.15, -0.1) is 6.42 Å². The van der Waals surface area contributed by atoms with Gasteiger partial charge in [0.25, 0.3) is 11.8 Å². The van der Waals surface area contributed by atoms with Crippen LogP contribution in [0.25, 0.3) is 11.3 Å². The molecule has 0 aromatic carbocycles. The van der Waals surface area contributed by atoms with Crippen molar-refractivity contribution >= 4 is 17.7 Å². The topological polar surface area (TPSA) is 137 Å². The van der Waals surface area contributed by atoms with Crippen molar-refractivity contribution in [1.29, 1.82) is 0 Å². The average Bonchev–Trinajstić information content (AvgIpc) is 3.64. The number of carbonyl (C=O) groups excluding carboxylic acids is 1. The van der Waals surface area contributed by atoms with Gasteiger partial charge in [0.05, 0.1) is 37.1 Å². The van der Waals surface area contributed by atoms with Gasteiger partial charge in [0.2, 0.25) is 11.8 Å². The number of pyridine rings is 1. The summed E-state index contributed by atoms with van der Waals surface area (Å²) in [5.74, 6) is 0.217. The number of nitrogen functional groups attached to an aromatic ring is 1. The van der Waals surface area contributed by atoms with Crippen molar-refractivity contribution in [2.24, 2.45) is 18.4 Å². The molecule has 2 aliphatic heterocycles. The quantitative estimate of drug-likeness (QED) is 0.376. The lowest BCUT2D eigenvalue weighted by Crippen LogP contribution is -2.58. The van der Waals surface area contributed by atoms with Crippen molar-refractivity contribution < 1.29 is 23.0 Å². The van der Waals surface area contributed by atoms with Crippen molar-refractivity contribution in [3.8, 4) is 35.4 Å². The molecule has 3 aliphatic rings. The highest BCUT2D eigenvalue weighted by atomic mass is 19.3. The molecule has 2 saturated heterocycles. The summed E-state index contributed by atoms with van der Waals surface area (Å²) in [5.41, 5.74) is 7.29. The number of piperidine rings is 1. The molecule has 1 aliphatic carbocycles. The number of rotatable bonds is 9. The number of nitrogens with two attached hydrogens (primary N) is 1. The predicted octanol–water partition coefficient (Wildman–Crippen LogP) is 2.43. The zero-order valence-corrected chi connectivity index (χ0v) is 23.2. The summed E-state index contributed by atoms with van der Waals surface area (Å²) in [6.45, 7) is 0.490. The van der Waals surface area contributed by atoms with E-state index in [1.54, 1.807) is 12.5 Å². The molecule has 3 aromatic heterocycles. The molecule has 3 fully saturated rings. The fraction of sp³-hybridized carbons (Fsp3) is 0.500. The number of aryl methyl sites for hydroxylation is 1. The summed E-state index contributed by atoms with van der Waals surface area (Å²) in [6, 6.07) is 1.79. The van der Waals surface area contributed by atoms with Crippen LogP contribution in [0.1, 0.15) is 36.3 Å². The molecule has 3 aromatic rings. The number of alkyl halides is 2. The Morgan fingerprint density at radius 3 is 2.57 bits per heavy atom. The van der Waals surface area contributed by atoms with Gasteiger partial charge in [-0.3, -0.25) is 4.79 Å². The minimum absolute atomic E-state index is 0.0432. The molecule has 42 heavy (non-hydrogen) atoms. The lowest BCUT2D eigenvalue weighted by molar-refractivity contribution is -0.113. The molecular formula is C28H31F2N9O3. The summed E-state index contributed by atoms with van der Waals surface area (Å²) in [4.78, 5) is 37.4. The van der Waals surface area contributed by atoms with E-state index in [1.165, 1.54) is 0 Å². The predicted molar refractivity (Wildman–Crippen MR) is 148 cm³/mol. The number of anilines is 2. The fourth-order valence-electron chi connectivity index (χ4n) is 4.91. The van der Waals surface area contributed by atoms with E-state index in [4.69, 9.17) is 21.6 Å². The summed E-state index contributed by atoms with van der Waals surface area (Å²) in [6.07, 6.45) is 14.1. The van der Waals surface area contributed by atoms with E-state index in [0.717, 1.165) is 41.8 Å². The van der Waals surface area contributed by atoms with E-state index in [0.29, 0.717) is 31.3 Å². The van der Waals surface area contributed by atoms with Crippen LogP contribution < -0.4 is 20.1 Å². The molecule has 0 radical (unpaired) electrons. The van der Waals surface area contributed by atoms with E-state index in [9.17, 15) is 13.6 Å². The first-order valence-corrected chi connectivity index (χ1v) is 13.8. The number of hydrogen-bond donors (Lipinski definition) is 1. The molecule has 0 spiro atoms. The zero-order chi connectivity index (χ0) is 29.5. The summed E-state index contributed by atoms with van der Waals surface area (Å²) in [7, 11) is 1.89. The monoisotopic (exact) mass is 579 g/mol. The maximum atomic E-state index is 13.4. The Hall–Kier alpha value is -4.54. The fourth-order valence-corrected chi connectivity index (χ4v) is 4.91. The Morgan fingerprint density at radius 1 is 1.17 bits per heavy atom. The van der Waals surface area contributed by atoms with Crippen LogP contribution in [0.5, 0.6) is 11.8 Å². The van der Waals surface area contributed by atoms with Gasteiger partial charge in [-0.05, 0) is 37.7 Å². The second kappa shape index (κ2) is 10.7. The van der Waals surface area contributed by atoms with Crippen molar-refractivity contribution in [1.82, 2.24) is 34.4 Å². The standard InChI is InChI=1S/C28H31F2N9O3/c1-3-27(6-7-27)16-42-26-35-23(24(40)39-14-28(29,30)15-39)34-25(36-26)38-8-4-18(5-9-38)13-41-21-10-19(11-32-22(21)31)20-12-37(2)17-33-20/h1,10-12,17-18H,4-9,13-16H2,2H3,(H2,31,32). The number of hydrogen-bond acceptors (Lipinski definition) is 10. The van der Waals surface area contributed by atoms with Gasteiger partial charge in [0.15, 0.2) is 11.6 Å². The number of halogens is 2. The third kappa shape index (κ3) is 5.90. The molecule has 1 amide bonds. The highest BCUT2D eigenvalue weighted by Crippen LogP contribution is 2.45. The van der Waals surface area contributed by atoms with Crippen molar-refractivity contribution in [2.75, 3.05) is 50.0 Å². The minimum Gasteiger partial charge on any atom is -0.489 e. The number of nitrogens with zero attached hydrogens (tertiary/aromatic N) is 8. The van der Waals surface area contributed by atoms with Crippen LogP contribution in [0.4, 0.5) is 20.5 Å². The van der Waals surface area contributed by atoms with Gasteiger partial charge < -0.3 is 29.6 Å². The highest BCUT2D eigenvalue weighted by molar-refractivity contribution is 5.91. The average molecular weight is 580 g/mol. The van der Waals surface area contributed by atoms with E-state index in [2.05, 4.69) is 30.8 Å². The molecule has 0 atom stereocenters. The maximum absolute atomic E-state index is 13.4. The minimum atomic E-state index is -2.90. The van der Waals surface area contributed by atoms with Crippen molar-refractivity contribution in [3.63, 3.8) is 0 Å². The largest absolute Gasteiger partial charge is 0.489 e. The second-order valence-corrected chi connectivity index (χ2v) is 11.2. The number of aromatic nitrogens is 6. The van der Waals surface area contributed by atoms with Crippen LogP contribution in [0.3, 0.4) is 0 Å². The van der Waals surface area contributed by atoms with Crippen LogP contribution in [-0.4, -0.2) is 85.6 Å². The molecule has 12 nitrogen and oxygen atoms in total. The Labute approximate surface area is 241 Å². The van der Waals surface area contributed by atoms with Gasteiger partial charge in [-0.1, -0.05) is 5.92 Å². The second-order valence-electron chi connectivity index (χ2n) is 11.2. The lowest BCUT2D eigenvalue weighted by Gasteiger charge is -2.38. The molecule has 0 unspecified atom stereocenters. The molecule has 220 valence electrons. The van der Waals surface area contributed by atoms with Crippen molar-refractivity contribution in [2.45, 2.75) is 31.6 Å². The van der Waals surface area contributed by atoms with Gasteiger partial charge in [-0.25, -0.2) is 18.7 Å². The Bertz CT molecular complexity index is 1520. The first-order valence-electron chi connectivity index (χ1n) is 13.8. The molecule has 6 rings (SSSR count). The number of imidazole rings is 1. The number of likely N-dealkylation sites (tertiary alicyclic amines) is 1. The van der Waals surface area contributed by atoms with E-state index >= 15 is 0 Å². The molecule has 1 saturated carbocycles. The smallest absolute Gasteiger partial charge is 0.322 e. The Balaban J connectivity index is 1.10. The first kappa shape index (κ1) is 27.6. The third-order valence-electron chi connectivity index (χ3n) is 7.82. The Morgan fingerprint density at radius 2 is 1.93 bits per heavy atom. The summed E-state index contributed by atoms with van der Waals surface area (Å²) in [5, 5.41) is 0. The molecule has 14 heteroatoms. The molecule has 0 bridgehead atoms. The van der Waals surface area contributed by atoms with Crippen molar-refractivity contribution in [3.05, 3.63) is 30.6 Å². The van der Waals surface area contributed by atoms with Gasteiger partial charge in [0.1, 0.15) is 6.61 Å². The van der Waals surface area contributed by atoms with Crippen LogP contribution in [0.15, 0.2) is 24.8 Å². The number of amides is 1. The third-order valence-corrected chi connectivity index (χ3v) is 7.82. The van der Waals surface area contributed by atoms with E-state index in [1.807, 2.05) is 28.8 Å². The molecular weight excluding hydrogens is 548 g/mol. The lowest BCUT2D eigenvalue weighted by atomic mass is 9.98. The zero-order valence-electron chi connectivity index (χ0n) is 23.2. The van der Waals surface area contributed by atoms with Gasteiger partial charge in [0, 0.05) is 38.1 Å². The van der Waals surface area contributed by atoms with Crippen LogP contribution in [0, 0.1) is 23.7 Å². The summed E-state index contributed by atoms with van der Waals surface area (Å²) >= 11 is 0. The first-order chi connectivity index (χ1) is 20.1. The molecule has 2 N–H and O–H groups in total. The number of carbonyl (C=O) groups is 1. The van der Waals surface area contributed by atoms with E-state index < -0.39 is 24.9 Å². The number of ether oxygens (including phenoxy) is 2.